The third kappa shape index (κ3) is 18.5. The molecule has 150 heavy (non-hydrogen) atoms. The summed E-state index contributed by atoms with van der Waals surface area (Å²) in [6.45, 7) is 8.73. The average Bonchev–Trinajstić information content (AvgIpc) is 0.793. The zero-order chi connectivity index (χ0) is 101. The van der Waals surface area contributed by atoms with Gasteiger partial charge in [-0.2, -0.15) is 0 Å². The first-order chi connectivity index (χ1) is 74.1. The summed E-state index contributed by atoms with van der Waals surface area (Å²) in [7, 11) is 0. The Bertz CT molecular complexity index is 9480. The normalized spacial score (nSPS) is 11.2. The topological polar surface area (TPSA) is 6.48 Å². The van der Waals surface area contributed by atoms with E-state index < -0.39 is 0 Å². The number of benzene rings is 27. The Labute approximate surface area is 878 Å². The van der Waals surface area contributed by atoms with Gasteiger partial charge in [0.05, 0.1) is 0 Å². The molecule has 0 aliphatic heterocycles. The second-order valence-corrected chi connectivity index (χ2v) is 39.0. The molecule has 0 aliphatic carbocycles. The Kier molecular flexibility index (Phi) is 26.1. The minimum atomic E-state index is 1.12. The van der Waals surface area contributed by atoms with Gasteiger partial charge < -0.3 is 9.80 Å². The number of hydrogen-bond acceptors (Lipinski definition) is 2. The molecule has 0 spiro atoms. The van der Waals surface area contributed by atoms with Gasteiger partial charge in [0.2, 0.25) is 0 Å². The lowest BCUT2D eigenvalue weighted by Gasteiger charge is -2.26. The minimum absolute atomic E-state index is 1.12. The SMILES string of the molecule is Cc1ccc2c(-c3ccc(-c4ccccc4)cc3)c3ccccc3c(-c3ccccc3)c2c1.Cc1ccc2c(-c3ccc(N(c4ccccc4)c4ccccc4)cc3)c3ccccc3c(-c3ccc(N(c4ccccc4)c4ccccc4)cc3)c2c1.Cc1ccc2c(-c3ccccc3)c3ccc(-c4ccccc4)cc3c(-c3ccccc3)c2c1.Cc1ccc2c(-c3ccccc3)c3ccccc3c(-c3cccc4ccccc34)c2c1. The number of anilines is 6. The fourth-order valence-electron chi connectivity index (χ4n) is 22.6. The van der Waals surface area contributed by atoms with E-state index in [1.54, 1.807) is 0 Å². The Morgan fingerprint density at radius 3 is 0.600 bits per heavy atom. The summed E-state index contributed by atoms with van der Waals surface area (Å²) < 4.78 is 0. The van der Waals surface area contributed by atoms with E-state index in [1.165, 1.54) is 230 Å². The fraction of sp³-hybridized carbons (Fsp3) is 0.0270. The number of para-hydroxylation sites is 4. The van der Waals surface area contributed by atoms with Crippen LogP contribution in [0.2, 0.25) is 0 Å². The molecule has 27 aromatic rings. The summed E-state index contributed by atoms with van der Waals surface area (Å²) in [5.41, 5.74) is 37.2. The molecule has 0 heterocycles. The lowest BCUT2D eigenvalue weighted by Crippen LogP contribution is -2.09. The Morgan fingerprint density at radius 2 is 0.287 bits per heavy atom. The summed E-state index contributed by atoms with van der Waals surface area (Å²) in [4.78, 5) is 4.63. The minimum Gasteiger partial charge on any atom is -0.311 e. The van der Waals surface area contributed by atoms with E-state index in [1.807, 2.05) is 0 Å². The molecule has 27 aromatic carbocycles. The fourth-order valence-corrected chi connectivity index (χ4v) is 22.6. The van der Waals surface area contributed by atoms with Crippen molar-refractivity contribution in [1.82, 2.24) is 0 Å². The first kappa shape index (κ1) is 93.2. The van der Waals surface area contributed by atoms with E-state index in [0.717, 1.165) is 34.1 Å². The average molecular weight is 1910 g/mol. The highest BCUT2D eigenvalue weighted by Gasteiger charge is 2.26. The van der Waals surface area contributed by atoms with E-state index in [0.29, 0.717) is 0 Å². The van der Waals surface area contributed by atoms with Crippen LogP contribution in [0.25, 0.3) is 208 Å². The predicted octanol–water partition coefficient (Wildman–Crippen LogP) is 42.0. The molecule has 0 N–H and O–H groups in total. The maximum Gasteiger partial charge on any atom is 0.0462 e. The van der Waals surface area contributed by atoms with Gasteiger partial charge in [0, 0.05) is 34.1 Å². The Morgan fingerprint density at radius 1 is 0.107 bits per heavy atom. The van der Waals surface area contributed by atoms with Gasteiger partial charge in [-0.3, -0.25) is 0 Å². The van der Waals surface area contributed by atoms with Crippen molar-refractivity contribution in [2.45, 2.75) is 27.7 Å². The van der Waals surface area contributed by atoms with Crippen LogP contribution in [0.15, 0.2) is 582 Å². The highest BCUT2D eigenvalue weighted by molar-refractivity contribution is 6.27. The summed E-state index contributed by atoms with van der Waals surface area (Å²) in [6.07, 6.45) is 0. The summed E-state index contributed by atoms with van der Waals surface area (Å²) in [5, 5.41) is 23.2. The standard InChI is InChI=1S/C51H38N2.2C33H24.C31H22/c1-37-26-35-48-49(36-37)51(39-29-33-45(34-30-39)53(42-20-10-4-11-21-42)43-22-12-5-13-23-43)47-25-15-14-24-46(47)50(48)38-27-31-44(32-28-38)52(40-16-6-2-7-17-40)41-18-8-3-9-19-41;1-23-17-19-28-30(21-23)33(26-15-9-4-10-16-26)31-22-27(24-11-5-2-6-12-24)18-20-29(31)32(28)25-13-7-3-8-14-25;1-23-16-21-30-31(22-23)33(26-12-6-3-7-13-26)29-15-9-8-14-28(29)32(30)27-19-17-25(18-20-27)24-10-4-2-5-11-24;1-21-18-19-28-29(20-21)31(25-17-9-13-22-10-5-6-14-24(22)25)27-16-8-7-15-26(27)30(28)23-11-3-2-4-12-23/h2-36H,1H3;2*2-22H,1H3;2-20H,1H3. The van der Waals surface area contributed by atoms with Crippen molar-refractivity contribution >= 4 is 131 Å². The van der Waals surface area contributed by atoms with Crippen molar-refractivity contribution in [1.29, 1.82) is 0 Å². The molecule has 0 saturated carbocycles. The largest absolute Gasteiger partial charge is 0.311 e. The predicted molar refractivity (Wildman–Crippen MR) is 646 cm³/mol. The number of aryl methyl sites for hydroxylation is 4. The lowest BCUT2D eigenvalue weighted by molar-refractivity contribution is 1.28. The van der Waals surface area contributed by atoms with Crippen LogP contribution in [0, 0.1) is 27.7 Å². The van der Waals surface area contributed by atoms with Crippen molar-refractivity contribution in [3.63, 3.8) is 0 Å². The number of fused-ring (bicyclic) bond motifs is 9. The molecule has 0 bridgehead atoms. The van der Waals surface area contributed by atoms with E-state index in [9.17, 15) is 0 Å². The van der Waals surface area contributed by atoms with E-state index in [-0.39, 0.29) is 0 Å². The molecular formula is C148H108N2. The molecule has 0 aromatic heterocycles. The van der Waals surface area contributed by atoms with Gasteiger partial charge in [0.15, 0.2) is 0 Å². The Balaban J connectivity index is 0.000000109. The Hall–Kier alpha value is -19.1. The first-order valence-corrected chi connectivity index (χ1v) is 51.9. The maximum absolute atomic E-state index is 2.38. The smallest absolute Gasteiger partial charge is 0.0462 e. The molecule has 2 nitrogen and oxygen atoms in total. The molecule has 27 rings (SSSR count). The van der Waals surface area contributed by atoms with Crippen LogP contribution in [0.4, 0.5) is 34.1 Å². The molecule has 0 aliphatic rings. The second kappa shape index (κ2) is 41.9. The van der Waals surface area contributed by atoms with Gasteiger partial charge in [-0.15, -0.1) is 0 Å². The van der Waals surface area contributed by atoms with Gasteiger partial charge in [-0.05, 0) is 315 Å². The quantitative estimate of drug-likeness (QED) is 0.0890. The monoisotopic (exact) mass is 1910 g/mol. The highest BCUT2D eigenvalue weighted by Crippen LogP contribution is 2.52. The summed E-state index contributed by atoms with van der Waals surface area (Å²) in [6, 6.07) is 210. The van der Waals surface area contributed by atoms with Crippen molar-refractivity contribution in [2.75, 3.05) is 9.80 Å². The van der Waals surface area contributed by atoms with Crippen LogP contribution in [0.3, 0.4) is 0 Å². The van der Waals surface area contributed by atoms with Gasteiger partial charge in [-0.1, -0.05) is 526 Å². The third-order valence-electron chi connectivity index (χ3n) is 29.4. The first-order valence-electron chi connectivity index (χ1n) is 51.9. The molecule has 2 heteroatoms. The van der Waals surface area contributed by atoms with Crippen molar-refractivity contribution in [3.05, 3.63) is 605 Å². The lowest BCUT2D eigenvalue weighted by atomic mass is 9.84. The highest BCUT2D eigenvalue weighted by atomic mass is 15.1. The maximum atomic E-state index is 2.38. The van der Waals surface area contributed by atoms with Gasteiger partial charge >= 0.3 is 0 Å². The van der Waals surface area contributed by atoms with Gasteiger partial charge in [0.25, 0.3) is 0 Å². The second-order valence-electron chi connectivity index (χ2n) is 39.0. The van der Waals surface area contributed by atoms with Crippen LogP contribution < -0.4 is 9.80 Å². The molecule has 0 amide bonds. The van der Waals surface area contributed by atoms with E-state index in [2.05, 4.69) is 620 Å². The third-order valence-corrected chi connectivity index (χ3v) is 29.4. The zero-order valence-corrected chi connectivity index (χ0v) is 84.3. The molecule has 710 valence electrons. The number of rotatable bonds is 16. The molecular weight excluding hydrogens is 1810 g/mol. The summed E-state index contributed by atoms with van der Waals surface area (Å²) in [5.74, 6) is 0. The van der Waals surface area contributed by atoms with Gasteiger partial charge in [0.1, 0.15) is 0 Å². The molecule has 0 saturated heterocycles. The molecule has 0 unspecified atom stereocenters. The van der Waals surface area contributed by atoms with Crippen molar-refractivity contribution < 1.29 is 0 Å². The van der Waals surface area contributed by atoms with Gasteiger partial charge in [-0.25, -0.2) is 0 Å². The molecule has 0 radical (unpaired) electrons. The van der Waals surface area contributed by atoms with Crippen LogP contribution in [0.5, 0.6) is 0 Å². The van der Waals surface area contributed by atoms with Crippen LogP contribution in [-0.2, 0) is 0 Å². The number of hydrogen-bond donors (Lipinski definition) is 0. The van der Waals surface area contributed by atoms with Crippen molar-refractivity contribution in [2.24, 2.45) is 0 Å². The van der Waals surface area contributed by atoms with Crippen LogP contribution in [0.1, 0.15) is 22.3 Å². The number of nitrogens with zero attached hydrogens (tertiary/aromatic N) is 2. The van der Waals surface area contributed by atoms with Crippen molar-refractivity contribution in [3.8, 4) is 111 Å². The van der Waals surface area contributed by atoms with E-state index in [4.69, 9.17) is 0 Å². The van der Waals surface area contributed by atoms with Crippen LogP contribution in [-0.4, -0.2) is 0 Å². The zero-order valence-electron chi connectivity index (χ0n) is 84.3. The van der Waals surface area contributed by atoms with E-state index >= 15 is 0 Å². The molecule has 0 fully saturated rings. The summed E-state index contributed by atoms with van der Waals surface area (Å²) >= 11 is 0. The van der Waals surface area contributed by atoms with Crippen LogP contribution >= 0.6 is 0 Å². The molecule has 0 atom stereocenters.